The van der Waals surface area contributed by atoms with E-state index in [1.807, 2.05) is 24.4 Å². The van der Waals surface area contributed by atoms with E-state index < -0.39 is 7.12 Å². The minimum Gasteiger partial charge on any atom is -0.399 e. The molecule has 0 radical (unpaired) electrons. The van der Waals surface area contributed by atoms with Gasteiger partial charge in [-0.25, -0.2) is 4.98 Å². The highest BCUT2D eigenvalue weighted by Crippen LogP contribution is 2.36. The average Bonchev–Trinajstić information content (AvgIpc) is 2.94. The van der Waals surface area contributed by atoms with Crippen LogP contribution in [0.3, 0.4) is 0 Å². The van der Waals surface area contributed by atoms with Gasteiger partial charge in [-0.15, -0.1) is 0 Å². The molecule has 0 atom stereocenters. The van der Waals surface area contributed by atoms with Gasteiger partial charge in [-0.2, -0.15) is 0 Å². The summed E-state index contributed by atoms with van der Waals surface area (Å²) in [5.41, 5.74) is 4.17. The monoisotopic (exact) mass is 382 g/mol. The Bertz CT molecular complexity index is 1210. The van der Waals surface area contributed by atoms with Crippen LogP contribution in [0.15, 0.2) is 66.9 Å². The minimum atomic E-state index is -0.392. The van der Waals surface area contributed by atoms with E-state index in [0.717, 1.165) is 38.5 Å². The fraction of sp³-hybridized carbons (Fsp3) is 0.250. The Labute approximate surface area is 171 Å². The predicted molar refractivity (Wildman–Crippen MR) is 118 cm³/mol. The van der Waals surface area contributed by atoms with Crippen molar-refractivity contribution in [1.82, 2.24) is 9.97 Å². The van der Waals surface area contributed by atoms with Crippen molar-refractivity contribution in [2.24, 2.45) is 0 Å². The summed E-state index contributed by atoms with van der Waals surface area (Å²) in [7, 11) is -0.392. The molecule has 2 aromatic heterocycles. The molecule has 0 saturated carbocycles. The highest BCUT2D eigenvalue weighted by molar-refractivity contribution is 6.62. The topological polar surface area (TPSA) is 44.2 Å². The number of pyridine rings is 2. The molecular formula is C24H23BN2O2. The summed E-state index contributed by atoms with van der Waals surface area (Å²) >= 11 is 0. The number of benzene rings is 2. The summed E-state index contributed by atoms with van der Waals surface area (Å²) in [4.78, 5) is 9.42. The molecule has 0 N–H and O–H groups in total. The number of nitrogens with zero attached hydrogens (tertiary/aromatic N) is 2. The second-order valence-corrected chi connectivity index (χ2v) is 8.61. The van der Waals surface area contributed by atoms with E-state index in [1.165, 1.54) is 0 Å². The molecule has 1 saturated heterocycles. The maximum absolute atomic E-state index is 6.21. The van der Waals surface area contributed by atoms with Crippen LogP contribution in [0.4, 0.5) is 0 Å². The first-order chi connectivity index (χ1) is 13.8. The Balaban J connectivity index is 1.59. The maximum Gasteiger partial charge on any atom is 0.494 e. The van der Waals surface area contributed by atoms with Gasteiger partial charge in [-0.05, 0) is 57.4 Å². The van der Waals surface area contributed by atoms with Crippen molar-refractivity contribution in [2.45, 2.75) is 38.9 Å². The number of aromatic nitrogens is 2. The molecule has 4 aromatic rings. The van der Waals surface area contributed by atoms with Crippen LogP contribution >= 0.6 is 0 Å². The van der Waals surface area contributed by atoms with Crippen LogP contribution < -0.4 is 5.46 Å². The quantitative estimate of drug-likeness (QED) is 0.470. The van der Waals surface area contributed by atoms with Gasteiger partial charge in [-0.1, -0.05) is 36.4 Å². The summed E-state index contributed by atoms with van der Waals surface area (Å²) < 4.78 is 12.4. The zero-order valence-corrected chi connectivity index (χ0v) is 17.1. The van der Waals surface area contributed by atoms with Crippen molar-refractivity contribution in [3.05, 3.63) is 66.9 Å². The van der Waals surface area contributed by atoms with Crippen LogP contribution in [-0.4, -0.2) is 28.3 Å². The lowest BCUT2D eigenvalue weighted by atomic mass is 9.78. The summed E-state index contributed by atoms with van der Waals surface area (Å²) in [5.74, 6) is 0. The molecular weight excluding hydrogens is 359 g/mol. The van der Waals surface area contributed by atoms with Crippen LogP contribution in [0.2, 0.25) is 0 Å². The minimum absolute atomic E-state index is 0.363. The fourth-order valence-electron chi connectivity index (χ4n) is 3.74. The molecule has 0 bridgehead atoms. The molecule has 0 amide bonds. The Hall–Kier alpha value is -2.76. The van der Waals surface area contributed by atoms with Crippen LogP contribution in [0.25, 0.3) is 33.1 Å². The molecule has 144 valence electrons. The van der Waals surface area contributed by atoms with Gasteiger partial charge >= 0.3 is 7.12 Å². The molecule has 3 heterocycles. The first kappa shape index (κ1) is 18.3. The van der Waals surface area contributed by atoms with Gasteiger partial charge in [-0.3, -0.25) is 4.98 Å². The van der Waals surface area contributed by atoms with Gasteiger partial charge in [0.05, 0.1) is 27.9 Å². The van der Waals surface area contributed by atoms with Gasteiger partial charge in [0.25, 0.3) is 0 Å². The van der Waals surface area contributed by atoms with Crippen molar-refractivity contribution < 1.29 is 9.31 Å². The number of hydrogen-bond donors (Lipinski definition) is 0. The van der Waals surface area contributed by atoms with E-state index in [1.54, 1.807) is 0 Å². The van der Waals surface area contributed by atoms with Gasteiger partial charge in [0.15, 0.2) is 0 Å². The van der Waals surface area contributed by atoms with E-state index in [0.29, 0.717) is 0 Å². The van der Waals surface area contributed by atoms with E-state index in [4.69, 9.17) is 14.3 Å². The molecule has 4 nitrogen and oxygen atoms in total. The fourth-order valence-corrected chi connectivity index (χ4v) is 3.74. The van der Waals surface area contributed by atoms with Gasteiger partial charge in [0.1, 0.15) is 0 Å². The molecule has 5 heteroatoms. The molecule has 1 fully saturated rings. The molecule has 1 aliphatic heterocycles. The lowest BCUT2D eigenvalue weighted by molar-refractivity contribution is 0.00578. The van der Waals surface area contributed by atoms with Crippen molar-refractivity contribution in [3.63, 3.8) is 0 Å². The Kier molecular flexibility index (Phi) is 4.02. The molecule has 2 aromatic carbocycles. The Morgan fingerprint density at radius 1 is 0.793 bits per heavy atom. The molecule has 5 rings (SSSR count). The second-order valence-electron chi connectivity index (χ2n) is 8.61. The SMILES string of the molecule is CC1(C)OB(c2ccc3ccc(-c4cccc5ncccc45)nc3c2)OC1(C)C. The smallest absolute Gasteiger partial charge is 0.399 e. The first-order valence-electron chi connectivity index (χ1n) is 9.95. The van der Waals surface area contributed by atoms with E-state index in [2.05, 4.69) is 75.1 Å². The van der Waals surface area contributed by atoms with Crippen molar-refractivity contribution in [1.29, 1.82) is 0 Å². The van der Waals surface area contributed by atoms with E-state index in [-0.39, 0.29) is 11.2 Å². The standard InChI is InChI=1S/C24H23BN2O2/c1-23(2)24(3,4)29-25(28-23)17-12-10-16-11-13-21(27-22(16)15-17)19-7-5-9-20-18(19)8-6-14-26-20/h5-15H,1-4H3. The van der Waals surface area contributed by atoms with Gasteiger partial charge in [0, 0.05) is 22.5 Å². The molecule has 29 heavy (non-hydrogen) atoms. The zero-order chi connectivity index (χ0) is 20.2. The van der Waals surface area contributed by atoms with Crippen molar-refractivity contribution in [3.8, 4) is 11.3 Å². The number of fused-ring (bicyclic) bond motifs is 2. The van der Waals surface area contributed by atoms with Gasteiger partial charge in [0.2, 0.25) is 0 Å². The molecule has 0 unspecified atom stereocenters. The molecule has 0 aliphatic carbocycles. The average molecular weight is 382 g/mol. The third-order valence-corrected chi connectivity index (χ3v) is 6.16. The largest absolute Gasteiger partial charge is 0.494 e. The van der Waals surface area contributed by atoms with Gasteiger partial charge < -0.3 is 9.31 Å². The highest BCUT2D eigenvalue weighted by Gasteiger charge is 2.51. The molecule has 0 spiro atoms. The highest BCUT2D eigenvalue weighted by atomic mass is 16.7. The third kappa shape index (κ3) is 3.02. The number of rotatable bonds is 2. The second kappa shape index (κ2) is 6.38. The van der Waals surface area contributed by atoms with Crippen LogP contribution in [0, 0.1) is 0 Å². The Morgan fingerprint density at radius 3 is 2.34 bits per heavy atom. The first-order valence-corrected chi connectivity index (χ1v) is 9.95. The lowest BCUT2D eigenvalue weighted by Gasteiger charge is -2.32. The van der Waals surface area contributed by atoms with E-state index >= 15 is 0 Å². The Morgan fingerprint density at radius 2 is 1.55 bits per heavy atom. The van der Waals surface area contributed by atoms with E-state index in [9.17, 15) is 0 Å². The predicted octanol–water partition coefficient (Wildman–Crippen LogP) is 4.75. The summed E-state index contributed by atoms with van der Waals surface area (Å²) in [6.45, 7) is 8.27. The summed E-state index contributed by atoms with van der Waals surface area (Å²) in [6, 6.07) is 20.6. The summed E-state index contributed by atoms with van der Waals surface area (Å²) in [6.07, 6.45) is 1.82. The van der Waals surface area contributed by atoms with Crippen LogP contribution in [0.1, 0.15) is 27.7 Å². The zero-order valence-electron chi connectivity index (χ0n) is 17.1. The summed E-state index contributed by atoms with van der Waals surface area (Å²) in [5, 5.41) is 2.19. The normalized spacial score (nSPS) is 17.9. The molecule has 1 aliphatic rings. The van der Waals surface area contributed by atoms with Crippen molar-refractivity contribution >= 4 is 34.4 Å². The third-order valence-electron chi connectivity index (χ3n) is 6.16. The van der Waals surface area contributed by atoms with Crippen molar-refractivity contribution in [2.75, 3.05) is 0 Å². The lowest BCUT2D eigenvalue weighted by Crippen LogP contribution is -2.41. The maximum atomic E-state index is 6.21. The van der Waals surface area contributed by atoms with Crippen LogP contribution in [0.5, 0.6) is 0 Å². The van der Waals surface area contributed by atoms with Crippen LogP contribution in [-0.2, 0) is 9.31 Å². The number of hydrogen-bond acceptors (Lipinski definition) is 4.